The number of anilines is 1. The van der Waals surface area contributed by atoms with E-state index in [1.165, 1.54) is 6.07 Å². The third kappa shape index (κ3) is 5.06. The van der Waals surface area contributed by atoms with Crippen molar-refractivity contribution in [1.82, 2.24) is 5.32 Å². The molecule has 0 spiro atoms. The molecule has 2 N–H and O–H groups in total. The molecule has 0 saturated heterocycles. The normalized spacial score (nSPS) is 11.8. The maximum absolute atomic E-state index is 12.5. The van der Waals surface area contributed by atoms with Crippen molar-refractivity contribution in [2.45, 2.75) is 44.6 Å². The predicted octanol–water partition coefficient (Wildman–Crippen LogP) is 3.71. The number of benzene rings is 2. The van der Waals surface area contributed by atoms with Crippen molar-refractivity contribution >= 4 is 21.6 Å². The van der Waals surface area contributed by atoms with Crippen molar-refractivity contribution in [3.8, 4) is 0 Å². The molecule has 0 bridgehead atoms. The molecule has 0 aliphatic heterocycles. The van der Waals surface area contributed by atoms with Crippen LogP contribution < -0.4 is 10.0 Å². The van der Waals surface area contributed by atoms with Gasteiger partial charge in [-0.1, -0.05) is 30.7 Å². The van der Waals surface area contributed by atoms with Crippen molar-refractivity contribution in [3.63, 3.8) is 0 Å². The number of hydrogen-bond acceptors (Lipinski definition) is 3. The van der Waals surface area contributed by atoms with Crippen LogP contribution in [0.2, 0.25) is 0 Å². The number of nitrogens with one attached hydrogen (secondary N) is 2. The first-order valence-electron chi connectivity index (χ1n) is 8.15. The molecule has 0 heterocycles. The van der Waals surface area contributed by atoms with Gasteiger partial charge in [0.15, 0.2) is 0 Å². The van der Waals surface area contributed by atoms with Crippen molar-refractivity contribution in [1.29, 1.82) is 0 Å². The third-order valence-corrected chi connectivity index (χ3v) is 5.44. The van der Waals surface area contributed by atoms with E-state index in [1.54, 1.807) is 42.5 Å². The van der Waals surface area contributed by atoms with Crippen LogP contribution >= 0.6 is 0 Å². The molecule has 0 aliphatic rings. The zero-order valence-electron chi connectivity index (χ0n) is 15.0. The Morgan fingerprint density at radius 3 is 2.32 bits per heavy atom. The average molecular weight is 360 g/mol. The second-order valence-electron chi connectivity index (χ2n) is 6.69. The summed E-state index contributed by atoms with van der Waals surface area (Å²) >= 11 is 0. The maximum Gasteiger partial charge on any atom is 0.261 e. The highest BCUT2D eigenvalue weighted by Crippen LogP contribution is 2.18. The zero-order valence-corrected chi connectivity index (χ0v) is 15.8. The second-order valence-corrected chi connectivity index (χ2v) is 8.37. The molecule has 0 radical (unpaired) electrons. The zero-order chi connectivity index (χ0) is 18.7. The number of hydrogen-bond donors (Lipinski definition) is 2. The highest BCUT2D eigenvalue weighted by atomic mass is 32.2. The van der Waals surface area contributed by atoms with E-state index in [2.05, 4.69) is 10.0 Å². The molecule has 134 valence electrons. The molecule has 5 nitrogen and oxygen atoms in total. The summed E-state index contributed by atoms with van der Waals surface area (Å²) < 4.78 is 27.4. The lowest BCUT2D eigenvalue weighted by molar-refractivity contribution is 0.0911. The minimum atomic E-state index is -3.69. The minimum Gasteiger partial charge on any atom is -0.347 e. The standard InChI is InChI=1S/C19H24N2O3S/c1-5-19(3,4)20-18(22)15-7-6-8-16(13-15)21-25(23,24)17-11-9-14(2)10-12-17/h6-13,21H,5H2,1-4H3,(H,20,22). The van der Waals surface area contributed by atoms with Crippen molar-refractivity contribution in [2.75, 3.05) is 4.72 Å². The Labute approximate surface area is 149 Å². The largest absolute Gasteiger partial charge is 0.347 e. The molecule has 0 aliphatic carbocycles. The highest BCUT2D eigenvalue weighted by molar-refractivity contribution is 7.92. The molecule has 0 aromatic heterocycles. The Balaban J connectivity index is 2.21. The van der Waals surface area contributed by atoms with Gasteiger partial charge in [0.2, 0.25) is 0 Å². The maximum atomic E-state index is 12.5. The molecular weight excluding hydrogens is 336 g/mol. The van der Waals surface area contributed by atoms with Crippen LogP contribution in [-0.4, -0.2) is 19.9 Å². The van der Waals surface area contributed by atoms with Gasteiger partial charge in [0.05, 0.1) is 4.90 Å². The van der Waals surface area contributed by atoms with Gasteiger partial charge in [-0.05, 0) is 57.5 Å². The first-order chi connectivity index (χ1) is 11.6. The Bertz CT molecular complexity index is 856. The van der Waals surface area contributed by atoms with Crippen molar-refractivity contribution < 1.29 is 13.2 Å². The first-order valence-corrected chi connectivity index (χ1v) is 9.63. The van der Waals surface area contributed by atoms with E-state index in [4.69, 9.17) is 0 Å². The second kappa shape index (κ2) is 7.27. The van der Waals surface area contributed by atoms with Gasteiger partial charge in [0.1, 0.15) is 0 Å². The molecule has 2 aromatic carbocycles. The molecule has 25 heavy (non-hydrogen) atoms. The van der Waals surface area contributed by atoms with Crippen molar-refractivity contribution in [3.05, 3.63) is 59.7 Å². The van der Waals surface area contributed by atoms with Crippen LogP contribution in [-0.2, 0) is 10.0 Å². The fraction of sp³-hybridized carbons (Fsp3) is 0.316. The molecule has 2 aromatic rings. The fourth-order valence-corrected chi connectivity index (χ4v) is 3.17. The van der Waals surface area contributed by atoms with Crippen LogP contribution in [0.15, 0.2) is 53.4 Å². The Kier molecular flexibility index (Phi) is 5.52. The first kappa shape index (κ1) is 19.0. The van der Waals surface area contributed by atoms with Crippen LogP contribution in [0.4, 0.5) is 5.69 Å². The minimum absolute atomic E-state index is 0.181. The quantitative estimate of drug-likeness (QED) is 0.824. The summed E-state index contributed by atoms with van der Waals surface area (Å²) in [4.78, 5) is 12.5. The lowest BCUT2D eigenvalue weighted by Gasteiger charge is -2.24. The lowest BCUT2D eigenvalue weighted by atomic mass is 10.0. The Hall–Kier alpha value is -2.34. The van der Waals surface area contributed by atoms with E-state index < -0.39 is 10.0 Å². The van der Waals surface area contributed by atoms with Crippen LogP contribution in [0.3, 0.4) is 0 Å². The molecule has 6 heteroatoms. The van der Waals surface area contributed by atoms with Gasteiger partial charge in [-0.2, -0.15) is 0 Å². The van der Waals surface area contributed by atoms with Crippen LogP contribution in [0.5, 0.6) is 0 Å². The Morgan fingerprint density at radius 2 is 1.72 bits per heavy atom. The number of aryl methyl sites for hydroxylation is 1. The summed E-state index contributed by atoms with van der Waals surface area (Å²) in [5.74, 6) is -0.233. The van der Waals surface area contributed by atoms with Gasteiger partial charge in [-0.15, -0.1) is 0 Å². The van der Waals surface area contributed by atoms with Gasteiger partial charge in [0.25, 0.3) is 15.9 Å². The molecule has 2 rings (SSSR count). The van der Waals surface area contributed by atoms with Gasteiger partial charge >= 0.3 is 0 Å². The van der Waals surface area contributed by atoms with Gasteiger partial charge in [-0.25, -0.2) is 8.42 Å². The summed E-state index contributed by atoms with van der Waals surface area (Å²) in [7, 11) is -3.69. The summed E-state index contributed by atoms with van der Waals surface area (Å²) in [5.41, 5.74) is 1.42. The van der Waals surface area contributed by atoms with E-state index in [-0.39, 0.29) is 16.3 Å². The number of carbonyl (C=O) groups is 1. The predicted molar refractivity (Wildman–Crippen MR) is 100 cm³/mol. The molecular formula is C19H24N2O3S. The van der Waals surface area contributed by atoms with Gasteiger partial charge < -0.3 is 5.32 Å². The van der Waals surface area contributed by atoms with Crippen molar-refractivity contribution in [2.24, 2.45) is 0 Å². The highest BCUT2D eigenvalue weighted by Gasteiger charge is 2.20. The molecule has 0 atom stereocenters. The van der Waals surface area contributed by atoms with E-state index in [0.29, 0.717) is 11.3 Å². The topological polar surface area (TPSA) is 75.3 Å². The van der Waals surface area contributed by atoms with Crippen LogP contribution in [0.1, 0.15) is 43.1 Å². The van der Waals surface area contributed by atoms with Crippen LogP contribution in [0.25, 0.3) is 0 Å². The van der Waals surface area contributed by atoms with E-state index in [1.807, 2.05) is 27.7 Å². The summed E-state index contributed by atoms with van der Waals surface area (Å²) in [6, 6.07) is 13.1. The Morgan fingerprint density at radius 1 is 1.08 bits per heavy atom. The molecule has 1 amide bonds. The van der Waals surface area contributed by atoms with Gasteiger partial charge in [-0.3, -0.25) is 9.52 Å². The third-order valence-electron chi connectivity index (χ3n) is 4.04. The molecule has 0 unspecified atom stereocenters. The fourth-order valence-electron chi connectivity index (χ4n) is 2.12. The number of amides is 1. The van der Waals surface area contributed by atoms with E-state index in [9.17, 15) is 13.2 Å². The number of carbonyl (C=O) groups excluding carboxylic acids is 1. The summed E-state index contributed by atoms with van der Waals surface area (Å²) in [6.45, 7) is 7.76. The SMILES string of the molecule is CCC(C)(C)NC(=O)c1cccc(NS(=O)(=O)c2ccc(C)cc2)c1. The average Bonchev–Trinajstić information content (AvgIpc) is 2.54. The van der Waals surface area contributed by atoms with Crippen LogP contribution in [0, 0.1) is 6.92 Å². The summed E-state index contributed by atoms with van der Waals surface area (Å²) in [6.07, 6.45) is 0.790. The van der Waals surface area contributed by atoms with E-state index >= 15 is 0 Å². The molecule has 0 saturated carbocycles. The molecule has 0 fully saturated rings. The monoisotopic (exact) mass is 360 g/mol. The van der Waals surface area contributed by atoms with E-state index in [0.717, 1.165) is 12.0 Å². The lowest BCUT2D eigenvalue weighted by Crippen LogP contribution is -2.42. The van der Waals surface area contributed by atoms with Gasteiger partial charge in [0, 0.05) is 16.8 Å². The smallest absolute Gasteiger partial charge is 0.261 e. The number of sulfonamides is 1. The summed E-state index contributed by atoms with van der Waals surface area (Å²) in [5, 5.41) is 2.93. The number of rotatable bonds is 6.